The first-order valence-corrected chi connectivity index (χ1v) is 7.58. The minimum Gasteiger partial charge on any atom is -0.459 e. The van der Waals surface area contributed by atoms with Gasteiger partial charge < -0.3 is 9.47 Å². The number of carbonyl (C=O) groups is 1. The standard InChI is InChI=1S/C16H26O3/c1-3-16(17)19-15-10-6-13(7-11-15)12-4-8-14(18-2)9-5-12/h3,12-15H,1,4-11H2,2H3. The van der Waals surface area contributed by atoms with Gasteiger partial charge in [-0.1, -0.05) is 6.58 Å². The number of esters is 1. The first-order chi connectivity index (χ1) is 9.22. The van der Waals surface area contributed by atoms with Gasteiger partial charge in [-0.25, -0.2) is 4.79 Å². The van der Waals surface area contributed by atoms with Gasteiger partial charge >= 0.3 is 5.97 Å². The predicted molar refractivity (Wildman–Crippen MR) is 74.8 cm³/mol. The van der Waals surface area contributed by atoms with Gasteiger partial charge in [-0.3, -0.25) is 0 Å². The summed E-state index contributed by atoms with van der Waals surface area (Å²) in [7, 11) is 1.82. The Labute approximate surface area is 116 Å². The molecule has 2 saturated carbocycles. The molecule has 0 aromatic rings. The van der Waals surface area contributed by atoms with E-state index in [1.54, 1.807) is 0 Å². The monoisotopic (exact) mass is 266 g/mol. The van der Waals surface area contributed by atoms with E-state index in [0.717, 1.165) is 24.7 Å². The zero-order valence-corrected chi connectivity index (χ0v) is 12.0. The molecule has 0 atom stereocenters. The van der Waals surface area contributed by atoms with E-state index in [0.29, 0.717) is 6.10 Å². The molecule has 2 aliphatic carbocycles. The van der Waals surface area contributed by atoms with Crippen LogP contribution in [0.3, 0.4) is 0 Å². The summed E-state index contributed by atoms with van der Waals surface area (Å²) >= 11 is 0. The molecule has 2 aliphatic rings. The second-order valence-corrected chi connectivity index (χ2v) is 5.95. The van der Waals surface area contributed by atoms with Crippen molar-refractivity contribution in [1.29, 1.82) is 0 Å². The van der Waals surface area contributed by atoms with Gasteiger partial charge in [0.25, 0.3) is 0 Å². The molecule has 0 amide bonds. The Morgan fingerprint density at radius 2 is 1.42 bits per heavy atom. The number of hydrogen-bond donors (Lipinski definition) is 0. The molecule has 2 rings (SSSR count). The molecule has 0 radical (unpaired) electrons. The highest BCUT2D eigenvalue weighted by atomic mass is 16.5. The Kier molecular flexibility index (Phi) is 5.44. The molecule has 3 heteroatoms. The third-order valence-corrected chi connectivity index (χ3v) is 4.89. The van der Waals surface area contributed by atoms with Gasteiger partial charge in [0.05, 0.1) is 6.10 Å². The van der Waals surface area contributed by atoms with Gasteiger partial charge in [-0.15, -0.1) is 0 Å². The quantitative estimate of drug-likeness (QED) is 0.577. The summed E-state index contributed by atoms with van der Waals surface area (Å²) in [5, 5.41) is 0. The molecule has 0 aliphatic heterocycles. The van der Waals surface area contributed by atoms with Crippen LogP contribution in [-0.4, -0.2) is 25.3 Å². The molecular weight excluding hydrogens is 240 g/mol. The van der Waals surface area contributed by atoms with Gasteiger partial charge in [0.15, 0.2) is 0 Å². The minimum atomic E-state index is -0.274. The van der Waals surface area contributed by atoms with Gasteiger partial charge in [0.1, 0.15) is 6.10 Å². The molecule has 108 valence electrons. The summed E-state index contributed by atoms with van der Waals surface area (Å²) in [6.07, 6.45) is 11.4. The summed E-state index contributed by atoms with van der Waals surface area (Å²) in [5.74, 6) is 1.42. The van der Waals surface area contributed by atoms with E-state index in [9.17, 15) is 4.79 Å². The van der Waals surface area contributed by atoms with Crippen LogP contribution in [0, 0.1) is 11.8 Å². The smallest absolute Gasteiger partial charge is 0.330 e. The third-order valence-electron chi connectivity index (χ3n) is 4.89. The molecular formula is C16H26O3. The maximum Gasteiger partial charge on any atom is 0.330 e. The normalized spacial score (nSPS) is 35.6. The largest absolute Gasteiger partial charge is 0.459 e. The fraction of sp³-hybridized carbons (Fsp3) is 0.812. The van der Waals surface area contributed by atoms with E-state index < -0.39 is 0 Å². The van der Waals surface area contributed by atoms with Crippen molar-refractivity contribution in [2.45, 2.75) is 63.6 Å². The van der Waals surface area contributed by atoms with Crippen LogP contribution in [0.15, 0.2) is 12.7 Å². The number of carbonyl (C=O) groups excluding carboxylic acids is 1. The first kappa shape index (κ1) is 14.6. The fourth-order valence-corrected chi connectivity index (χ4v) is 3.69. The molecule has 19 heavy (non-hydrogen) atoms. The summed E-state index contributed by atoms with van der Waals surface area (Å²) in [6.45, 7) is 3.44. The van der Waals surface area contributed by atoms with Crippen molar-refractivity contribution in [1.82, 2.24) is 0 Å². The Hall–Kier alpha value is -0.830. The zero-order chi connectivity index (χ0) is 13.7. The van der Waals surface area contributed by atoms with Crippen molar-refractivity contribution in [3.63, 3.8) is 0 Å². The van der Waals surface area contributed by atoms with E-state index in [1.165, 1.54) is 44.6 Å². The lowest BCUT2D eigenvalue weighted by molar-refractivity contribution is -0.145. The molecule has 0 spiro atoms. The number of methoxy groups -OCH3 is 1. The van der Waals surface area contributed by atoms with Crippen LogP contribution in [0.1, 0.15) is 51.4 Å². The summed E-state index contributed by atoms with van der Waals surface area (Å²) < 4.78 is 10.8. The van der Waals surface area contributed by atoms with Gasteiger partial charge in [-0.05, 0) is 63.2 Å². The van der Waals surface area contributed by atoms with Crippen LogP contribution in [0.5, 0.6) is 0 Å². The lowest BCUT2D eigenvalue weighted by Crippen LogP contribution is -2.30. The molecule has 0 bridgehead atoms. The predicted octanol–water partition coefficient (Wildman–Crippen LogP) is 3.48. The van der Waals surface area contributed by atoms with Crippen molar-refractivity contribution in [3.05, 3.63) is 12.7 Å². The molecule has 0 heterocycles. The highest BCUT2D eigenvalue weighted by Crippen LogP contribution is 2.39. The van der Waals surface area contributed by atoms with E-state index in [1.807, 2.05) is 7.11 Å². The van der Waals surface area contributed by atoms with Crippen LogP contribution in [0.2, 0.25) is 0 Å². The summed E-state index contributed by atoms with van der Waals surface area (Å²) in [4.78, 5) is 11.2. The van der Waals surface area contributed by atoms with E-state index in [2.05, 4.69) is 6.58 Å². The Balaban J connectivity index is 1.71. The van der Waals surface area contributed by atoms with Crippen molar-refractivity contribution in [3.8, 4) is 0 Å². The molecule has 0 aromatic heterocycles. The second kappa shape index (κ2) is 7.09. The number of rotatable bonds is 4. The average molecular weight is 266 g/mol. The number of ether oxygens (including phenoxy) is 2. The van der Waals surface area contributed by atoms with E-state index in [-0.39, 0.29) is 12.1 Å². The SMILES string of the molecule is C=CC(=O)OC1CCC(C2CCC(OC)CC2)CC1. The van der Waals surface area contributed by atoms with E-state index in [4.69, 9.17) is 9.47 Å². The molecule has 3 nitrogen and oxygen atoms in total. The summed E-state index contributed by atoms with van der Waals surface area (Å²) in [5.41, 5.74) is 0. The van der Waals surface area contributed by atoms with Crippen molar-refractivity contribution < 1.29 is 14.3 Å². The minimum absolute atomic E-state index is 0.122. The van der Waals surface area contributed by atoms with Crippen LogP contribution in [0.4, 0.5) is 0 Å². The van der Waals surface area contributed by atoms with Crippen LogP contribution >= 0.6 is 0 Å². The van der Waals surface area contributed by atoms with Crippen molar-refractivity contribution in [2.24, 2.45) is 11.8 Å². The first-order valence-electron chi connectivity index (χ1n) is 7.58. The molecule has 0 N–H and O–H groups in total. The Bertz CT molecular complexity index is 297. The lowest BCUT2D eigenvalue weighted by atomic mass is 9.72. The van der Waals surface area contributed by atoms with E-state index >= 15 is 0 Å². The maximum atomic E-state index is 11.2. The van der Waals surface area contributed by atoms with Crippen molar-refractivity contribution in [2.75, 3.05) is 7.11 Å². The van der Waals surface area contributed by atoms with Gasteiger partial charge in [-0.2, -0.15) is 0 Å². The van der Waals surface area contributed by atoms with Gasteiger partial charge in [0, 0.05) is 13.2 Å². The van der Waals surface area contributed by atoms with Crippen molar-refractivity contribution >= 4 is 5.97 Å². The zero-order valence-electron chi connectivity index (χ0n) is 12.0. The molecule has 2 fully saturated rings. The molecule has 0 unspecified atom stereocenters. The maximum absolute atomic E-state index is 11.2. The molecule has 0 aromatic carbocycles. The van der Waals surface area contributed by atoms with Crippen LogP contribution < -0.4 is 0 Å². The second-order valence-electron chi connectivity index (χ2n) is 5.95. The topological polar surface area (TPSA) is 35.5 Å². The Morgan fingerprint density at radius 1 is 0.947 bits per heavy atom. The van der Waals surface area contributed by atoms with Gasteiger partial charge in [0.2, 0.25) is 0 Å². The third kappa shape index (κ3) is 4.07. The highest BCUT2D eigenvalue weighted by Gasteiger charge is 2.31. The number of hydrogen-bond acceptors (Lipinski definition) is 3. The average Bonchev–Trinajstić information content (AvgIpc) is 2.48. The van der Waals surface area contributed by atoms with Crippen LogP contribution in [-0.2, 0) is 14.3 Å². The lowest BCUT2D eigenvalue weighted by Gasteiger charge is -2.37. The molecule has 0 saturated heterocycles. The Morgan fingerprint density at radius 3 is 1.84 bits per heavy atom. The fourth-order valence-electron chi connectivity index (χ4n) is 3.69. The summed E-state index contributed by atoms with van der Waals surface area (Å²) in [6, 6.07) is 0. The highest BCUT2D eigenvalue weighted by molar-refractivity contribution is 5.81. The van der Waals surface area contributed by atoms with Crippen LogP contribution in [0.25, 0.3) is 0 Å².